The van der Waals surface area contributed by atoms with Crippen molar-refractivity contribution < 1.29 is 13.9 Å². The minimum atomic E-state index is -0.383. The van der Waals surface area contributed by atoms with Crippen LogP contribution in [0.5, 0.6) is 0 Å². The molecule has 1 amide bonds. The first-order chi connectivity index (χ1) is 9.63. The van der Waals surface area contributed by atoms with Crippen molar-refractivity contribution in [2.75, 3.05) is 5.32 Å². The lowest BCUT2D eigenvalue weighted by Gasteiger charge is -2.09. The van der Waals surface area contributed by atoms with Gasteiger partial charge < -0.3 is 10.1 Å². The van der Waals surface area contributed by atoms with Gasteiger partial charge in [0, 0.05) is 17.4 Å². The van der Waals surface area contributed by atoms with E-state index in [-0.39, 0.29) is 11.7 Å². The molecule has 2 heterocycles. The van der Waals surface area contributed by atoms with Gasteiger partial charge in [-0.05, 0) is 30.7 Å². The number of halogens is 1. The van der Waals surface area contributed by atoms with Crippen LogP contribution >= 0.6 is 0 Å². The van der Waals surface area contributed by atoms with Crippen molar-refractivity contribution in [3.8, 4) is 0 Å². The van der Waals surface area contributed by atoms with E-state index in [1.807, 2.05) is 6.92 Å². The number of benzene rings is 1. The third-order valence-electron chi connectivity index (χ3n) is 3.27. The summed E-state index contributed by atoms with van der Waals surface area (Å²) in [5.41, 5.74) is 3.50. The fourth-order valence-corrected chi connectivity index (χ4v) is 2.10. The van der Waals surface area contributed by atoms with Crippen LogP contribution in [0.25, 0.3) is 0 Å². The largest absolute Gasteiger partial charge is 0.370 e. The van der Waals surface area contributed by atoms with E-state index >= 15 is 0 Å². The predicted molar refractivity (Wildman–Crippen MR) is 71.8 cm³/mol. The second kappa shape index (κ2) is 5.02. The number of amides is 1. The van der Waals surface area contributed by atoms with Gasteiger partial charge in [-0.3, -0.25) is 9.78 Å². The number of aryl methyl sites for hydroxylation is 1. The van der Waals surface area contributed by atoms with E-state index in [2.05, 4.69) is 10.3 Å². The molecule has 5 heteroatoms. The SMILES string of the molecule is Cc1ccc(F)cc1NC(=O)c1cnc2c(c1)COC2. The summed E-state index contributed by atoms with van der Waals surface area (Å²) in [5, 5.41) is 2.70. The molecular weight excluding hydrogens is 259 g/mol. The van der Waals surface area contributed by atoms with E-state index in [1.54, 1.807) is 12.1 Å². The Morgan fingerprint density at radius 2 is 2.20 bits per heavy atom. The van der Waals surface area contributed by atoms with Crippen LogP contribution in [0.3, 0.4) is 0 Å². The smallest absolute Gasteiger partial charge is 0.257 e. The van der Waals surface area contributed by atoms with E-state index in [0.717, 1.165) is 16.8 Å². The molecule has 0 fully saturated rings. The molecule has 0 radical (unpaired) electrons. The highest BCUT2D eigenvalue weighted by Crippen LogP contribution is 2.20. The van der Waals surface area contributed by atoms with Gasteiger partial charge in [0.2, 0.25) is 0 Å². The van der Waals surface area contributed by atoms with Gasteiger partial charge in [-0.1, -0.05) is 6.07 Å². The highest BCUT2D eigenvalue weighted by Gasteiger charge is 2.16. The molecule has 0 saturated carbocycles. The molecule has 20 heavy (non-hydrogen) atoms. The van der Waals surface area contributed by atoms with Crippen molar-refractivity contribution in [1.29, 1.82) is 0 Å². The van der Waals surface area contributed by atoms with Crippen LogP contribution in [-0.2, 0) is 18.0 Å². The van der Waals surface area contributed by atoms with E-state index in [1.165, 1.54) is 18.3 Å². The molecule has 2 aromatic rings. The first-order valence-corrected chi connectivity index (χ1v) is 6.26. The molecule has 1 aromatic heterocycles. The van der Waals surface area contributed by atoms with Crippen molar-refractivity contribution in [3.05, 3.63) is 58.7 Å². The zero-order valence-electron chi connectivity index (χ0n) is 10.9. The summed E-state index contributed by atoms with van der Waals surface area (Å²) in [6.45, 7) is 2.77. The molecule has 0 atom stereocenters. The third kappa shape index (κ3) is 2.40. The van der Waals surface area contributed by atoms with E-state index in [4.69, 9.17) is 4.74 Å². The lowest BCUT2D eigenvalue weighted by Crippen LogP contribution is -2.14. The Bertz CT molecular complexity index is 686. The van der Waals surface area contributed by atoms with Gasteiger partial charge in [0.05, 0.1) is 24.5 Å². The van der Waals surface area contributed by atoms with Crippen molar-refractivity contribution in [3.63, 3.8) is 0 Å². The van der Waals surface area contributed by atoms with Crippen LogP contribution < -0.4 is 5.32 Å². The predicted octanol–water partition coefficient (Wildman–Crippen LogP) is 2.81. The second-order valence-electron chi connectivity index (χ2n) is 4.74. The maximum atomic E-state index is 13.2. The number of carbonyl (C=O) groups excluding carboxylic acids is 1. The molecule has 0 saturated heterocycles. The second-order valence-corrected chi connectivity index (χ2v) is 4.74. The standard InChI is InChI=1S/C15H13FN2O2/c1-9-2-3-12(16)5-13(9)18-15(19)10-4-11-7-20-8-14(11)17-6-10/h2-6H,7-8H2,1H3,(H,18,19). The minimum Gasteiger partial charge on any atom is -0.370 e. The molecule has 1 N–H and O–H groups in total. The van der Waals surface area contributed by atoms with Gasteiger partial charge in [-0.25, -0.2) is 4.39 Å². The Labute approximate surface area is 115 Å². The molecule has 3 rings (SSSR count). The molecule has 4 nitrogen and oxygen atoms in total. The van der Waals surface area contributed by atoms with Crippen LogP contribution in [0.2, 0.25) is 0 Å². The Hall–Kier alpha value is -2.27. The van der Waals surface area contributed by atoms with Crippen LogP contribution in [0.1, 0.15) is 27.2 Å². The lowest BCUT2D eigenvalue weighted by atomic mass is 10.1. The molecule has 0 aliphatic carbocycles. The lowest BCUT2D eigenvalue weighted by molar-refractivity contribution is 0.102. The fraction of sp³-hybridized carbons (Fsp3) is 0.200. The fourth-order valence-electron chi connectivity index (χ4n) is 2.10. The quantitative estimate of drug-likeness (QED) is 0.914. The average molecular weight is 272 g/mol. The Kier molecular flexibility index (Phi) is 3.20. The molecule has 102 valence electrons. The van der Waals surface area contributed by atoms with Crippen molar-refractivity contribution in [2.24, 2.45) is 0 Å². The summed E-state index contributed by atoms with van der Waals surface area (Å²) >= 11 is 0. The number of nitrogens with one attached hydrogen (secondary N) is 1. The maximum absolute atomic E-state index is 13.2. The zero-order valence-corrected chi connectivity index (χ0v) is 10.9. The van der Waals surface area contributed by atoms with E-state index in [0.29, 0.717) is 24.5 Å². The molecular formula is C15H13FN2O2. The van der Waals surface area contributed by atoms with E-state index < -0.39 is 0 Å². The highest BCUT2D eigenvalue weighted by molar-refractivity contribution is 6.04. The van der Waals surface area contributed by atoms with Gasteiger partial charge in [-0.2, -0.15) is 0 Å². The summed E-state index contributed by atoms with van der Waals surface area (Å²) in [5.74, 6) is -0.688. The topological polar surface area (TPSA) is 51.2 Å². The summed E-state index contributed by atoms with van der Waals surface area (Å²) in [6, 6.07) is 6.05. The highest BCUT2D eigenvalue weighted by atomic mass is 19.1. The molecule has 1 aromatic carbocycles. The summed E-state index contributed by atoms with van der Waals surface area (Å²) in [4.78, 5) is 16.4. The Morgan fingerprint density at radius 1 is 1.35 bits per heavy atom. The Morgan fingerprint density at radius 3 is 3.05 bits per heavy atom. The van der Waals surface area contributed by atoms with Gasteiger partial charge in [-0.15, -0.1) is 0 Å². The first kappa shape index (κ1) is 12.7. The summed E-state index contributed by atoms with van der Waals surface area (Å²) in [7, 11) is 0. The summed E-state index contributed by atoms with van der Waals surface area (Å²) < 4.78 is 18.5. The number of pyridine rings is 1. The van der Waals surface area contributed by atoms with Crippen LogP contribution in [0, 0.1) is 12.7 Å². The zero-order chi connectivity index (χ0) is 14.1. The number of fused-ring (bicyclic) bond motifs is 1. The monoisotopic (exact) mass is 272 g/mol. The number of carbonyl (C=O) groups is 1. The van der Waals surface area contributed by atoms with Crippen LogP contribution in [0.4, 0.5) is 10.1 Å². The number of nitrogens with zero attached hydrogens (tertiary/aromatic N) is 1. The number of ether oxygens (including phenoxy) is 1. The van der Waals surface area contributed by atoms with Gasteiger partial charge in [0.1, 0.15) is 5.82 Å². The van der Waals surface area contributed by atoms with E-state index in [9.17, 15) is 9.18 Å². The normalized spacial score (nSPS) is 13.1. The van der Waals surface area contributed by atoms with Crippen LogP contribution in [0.15, 0.2) is 30.5 Å². The first-order valence-electron chi connectivity index (χ1n) is 6.26. The van der Waals surface area contributed by atoms with Gasteiger partial charge in [0.25, 0.3) is 5.91 Å². The molecule has 1 aliphatic rings. The number of aromatic nitrogens is 1. The minimum absolute atomic E-state index is 0.305. The maximum Gasteiger partial charge on any atom is 0.257 e. The average Bonchev–Trinajstić information content (AvgIpc) is 2.90. The van der Waals surface area contributed by atoms with Crippen molar-refractivity contribution in [1.82, 2.24) is 4.98 Å². The molecule has 0 spiro atoms. The molecule has 0 bridgehead atoms. The van der Waals surface area contributed by atoms with Crippen molar-refractivity contribution in [2.45, 2.75) is 20.1 Å². The number of anilines is 1. The molecule has 0 unspecified atom stereocenters. The summed E-state index contributed by atoms with van der Waals surface area (Å²) in [6.07, 6.45) is 1.51. The molecule has 1 aliphatic heterocycles. The number of rotatable bonds is 2. The van der Waals surface area contributed by atoms with Crippen LogP contribution in [-0.4, -0.2) is 10.9 Å². The van der Waals surface area contributed by atoms with Gasteiger partial charge in [0.15, 0.2) is 0 Å². The number of hydrogen-bond donors (Lipinski definition) is 1. The van der Waals surface area contributed by atoms with Gasteiger partial charge >= 0.3 is 0 Å². The Balaban J connectivity index is 1.84. The third-order valence-corrected chi connectivity index (χ3v) is 3.27. The van der Waals surface area contributed by atoms with Crippen molar-refractivity contribution >= 4 is 11.6 Å². The number of hydrogen-bond acceptors (Lipinski definition) is 3.